The van der Waals surface area contributed by atoms with Gasteiger partial charge in [-0.25, -0.2) is 0 Å². The Labute approximate surface area is 205 Å². The molecule has 0 aliphatic carbocycles. The first-order valence-corrected chi connectivity index (χ1v) is 13.6. The van der Waals surface area contributed by atoms with Crippen molar-refractivity contribution in [1.29, 1.82) is 0 Å². The fourth-order valence-corrected chi connectivity index (χ4v) is 6.27. The molecule has 0 heteroatoms. The van der Waals surface area contributed by atoms with Gasteiger partial charge in [-0.15, -0.1) is 0 Å². The Balaban J connectivity index is 2.04. The Bertz CT molecular complexity index is 1260. The standard InChI is InChI=1S/C34H38/c1-5-13-23-27-17-9-10-18-28(27)24(14-6-2)32-22-34-26(16-8-4)30-20-12-11-19-29(30)25(15-7-3)33(34)21-31(23)32/h9-12,17-22H,5-8,13-16H2,1-4H3. The first kappa shape index (κ1) is 22.9. The van der Waals surface area contributed by atoms with E-state index in [0.29, 0.717) is 0 Å². The van der Waals surface area contributed by atoms with Gasteiger partial charge < -0.3 is 0 Å². The smallest absolute Gasteiger partial charge is 0.0136 e. The van der Waals surface area contributed by atoms with Crippen molar-refractivity contribution in [2.75, 3.05) is 0 Å². The molecule has 0 amide bonds. The zero-order chi connectivity index (χ0) is 23.7. The Morgan fingerprint density at radius 2 is 0.588 bits per heavy atom. The van der Waals surface area contributed by atoms with E-state index in [1.54, 1.807) is 22.3 Å². The van der Waals surface area contributed by atoms with E-state index < -0.39 is 0 Å². The molecule has 0 spiro atoms. The van der Waals surface area contributed by atoms with Crippen LogP contribution in [0.15, 0.2) is 60.7 Å². The van der Waals surface area contributed by atoms with Crippen molar-refractivity contribution >= 4 is 43.1 Å². The predicted molar refractivity (Wildman–Crippen MR) is 152 cm³/mol. The molecule has 0 bridgehead atoms. The van der Waals surface area contributed by atoms with Crippen molar-refractivity contribution in [1.82, 2.24) is 0 Å². The maximum atomic E-state index is 2.60. The molecule has 0 nitrogen and oxygen atoms in total. The first-order valence-electron chi connectivity index (χ1n) is 13.6. The molecule has 0 heterocycles. The highest BCUT2D eigenvalue weighted by molar-refractivity contribution is 6.15. The zero-order valence-corrected chi connectivity index (χ0v) is 21.4. The normalized spacial score (nSPS) is 11.9. The van der Waals surface area contributed by atoms with Crippen LogP contribution < -0.4 is 0 Å². The van der Waals surface area contributed by atoms with Crippen LogP contribution >= 0.6 is 0 Å². The van der Waals surface area contributed by atoms with Gasteiger partial charge in [0.05, 0.1) is 0 Å². The predicted octanol–water partition coefficient (Wildman–Crippen LogP) is 10.1. The highest BCUT2D eigenvalue weighted by atomic mass is 14.2. The molecule has 0 aliphatic heterocycles. The number of fused-ring (bicyclic) bond motifs is 4. The topological polar surface area (TPSA) is 0 Å². The summed E-state index contributed by atoms with van der Waals surface area (Å²) < 4.78 is 0. The van der Waals surface area contributed by atoms with E-state index in [1.807, 2.05) is 0 Å². The molecule has 0 fully saturated rings. The number of aryl methyl sites for hydroxylation is 4. The molecule has 0 aliphatic rings. The molecule has 0 saturated heterocycles. The summed E-state index contributed by atoms with van der Waals surface area (Å²) in [6.45, 7) is 9.27. The Kier molecular flexibility index (Phi) is 6.59. The second-order valence-electron chi connectivity index (χ2n) is 9.95. The van der Waals surface area contributed by atoms with Crippen LogP contribution in [-0.4, -0.2) is 0 Å². The highest BCUT2D eigenvalue weighted by Gasteiger charge is 2.18. The Hall–Kier alpha value is -2.86. The van der Waals surface area contributed by atoms with Crippen molar-refractivity contribution < 1.29 is 0 Å². The second-order valence-corrected chi connectivity index (χ2v) is 9.95. The number of hydrogen-bond acceptors (Lipinski definition) is 0. The first-order chi connectivity index (χ1) is 16.7. The molecule has 5 rings (SSSR count). The second kappa shape index (κ2) is 9.79. The fourth-order valence-electron chi connectivity index (χ4n) is 6.27. The number of hydrogen-bond donors (Lipinski definition) is 0. The lowest BCUT2D eigenvalue weighted by molar-refractivity contribution is 0.924. The summed E-state index contributed by atoms with van der Waals surface area (Å²) in [6.07, 6.45) is 9.22. The van der Waals surface area contributed by atoms with E-state index in [4.69, 9.17) is 0 Å². The molecule has 0 radical (unpaired) electrons. The molecule has 0 unspecified atom stereocenters. The molecule has 5 aromatic rings. The third kappa shape index (κ3) is 3.68. The molecule has 0 atom stereocenters. The SMILES string of the molecule is CCCc1c2ccccc2c(CCC)c2cc3c(CCC)c4ccccc4c(CCC)c3cc12. The lowest BCUT2D eigenvalue weighted by Crippen LogP contribution is -2.00. The van der Waals surface area contributed by atoms with Gasteiger partial charge >= 0.3 is 0 Å². The third-order valence-corrected chi connectivity index (χ3v) is 7.61. The Morgan fingerprint density at radius 1 is 0.353 bits per heavy atom. The minimum absolute atomic E-state index is 1.13. The maximum Gasteiger partial charge on any atom is -0.0136 e. The monoisotopic (exact) mass is 446 g/mol. The van der Waals surface area contributed by atoms with Gasteiger partial charge in [0.15, 0.2) is 0 Å². The van der Waals surface area contributed by atoms with E-state index in [2.05, 4.69) is 88.4 Å². The highest BCUT2D eigenvalue weighted by Crippen LogP contribution is 2.41. The Morgan fingerprint density at radius 3 is 0.794 bits per heavy atom. The summed E-state index contributed by atoms with van der Waals surface area (Å²) in [5, 5.41) is 11.8. The molecule has 34 heavy (non-hydrogen) atoms. The van der Waals surface area contributed by atoms with Gasteiger partial charge in [-0.2, -0.15) is 0 Å². The van der Waals surface area contributed by atoms with E-state index in [9.17, 15) is 0 Å². The minimum Gasteiger partial charge on any atom is -0.0651 e. The summed E-state index contributed by atoms with van der Waals surface area (Å²) in [4.78, 5) is 0. The van der Waals surface area contributed by atoms with E-state index in [-0.39, 0.29) is 0 Å². The zero-order valence-electron chi connectivity index (χ0n) is 21.4. The van der Waals surface area contributed by atoms with Gasteiger partial charge in [0.2, 0.25) is 0 Å². The van der Waals surface area contributed by atoms with Crippen LogP contribution in [0.4, 0.5) is 0 Å². The lowest BCUT2D eigenvalue weighted by atomic mass is 9.83. The van der Waals surface area contributed by atoms with Crippen LogP contribution in [0, 0.1) is 0 Å². The van der Waals surface area contributed by atoms with Gasteiger partial charge in [-0.1, -0.05) is 102 Å². The van der Waals surface area contributed by atoms with Crippen LogP contribution in [0.5, 0.6) is 0 Å². The minimum atomic E-state index is 1.13. The molecular weight excluding hydrogens is 408 g/mol. The molecule has 5 aromatic carbocycles. The summed E-state index contributed by atoms with van der Waals surface area (Å²) in [5.74, 6) is 0. The molecule has 0 N–H and O–H groups in total. The molecule has 0 aromatic heterocycles. The van der Waals surface area contributed by atoms with Gasteiger partial charge in [-0.3, -0.25) is 0 Å². The van der Waals surface area contributed by atoms with Crippen molar-refractivity contribution in [2.45, 2.75) is 79.1 Å². The van der Waals surface area contributed by atoms with Crippen molar-refractivity contribution in [3.05, 3.63) is 82.9 Å². The van der Waals surface area contributed by atoms with Gasteiger partial charge in [0.25, 0.3) is 0 Å². The third-order valence-electron chi connectivity index (χ3n) is 7.61. The van der Waals surface area contributed by atoms with E-state index >= 15 is 0 Å². The van der Waals surface area contributed by atoms with E-state index in [0.717, 1.165) is 25.7 Å². The summed E-state index contributed by atoms with van der Waals surface area (Å²) in [6, 6.07) is 23.5. The average molecular weight is 447 g/mol. The van der Waals surface area contributed by atoms with Gasteiger partial charge in [0, 0.05) is 0 Å². The van der Waals surface area contributed by atoms with E-state index in [1.165, 1.54) is 68.8 Å². The average Bonchev–Trinajstić information content (AvgIpc) is 2.87. The van der Waals surface area contributed by atoms with Crippen LogP contribution in [-0.2, 0) is 25.7 Å². The van der Waals surface area contributed by atoms with Crippen LogP contribution in [0.25, 0.3) is 43.1 Å². The number of benzene rings is 5. The van der Waals surface area contributed by atoms with Crippen LogP contribution in [0.3, 0.4) is 0 Å². The van der Waals surface area contributed by atoms with Crippen molar-refractivity contribution in [2.24, 2.45) is 0 Å². The fraction of sp³-hybridized carbons (Fsp3) is 0.353. The molecule has 0 saturated carbocycles. The summed E-state index contributed by atoms with van der Waals surface area (Å²) in [7, 11) is 0. The molecule has 174 valence electrons. The number of rotatable bonds is 8. The quantitative estimate of drug-likeness (QED) is 0.208. The van der Waals surface area contributed by atoms with Gasteiger partial charge in [0.1, 0.15) is 0 Å². The summed E-state index contributed by atoms with van der Waals surface area (Å²) >= 11 is 0. The van der Waals surface area contributed by atoms with Crippen molar-refractivity contribution in [3.8, 4) is 0 Å². The lowest BCUT2D eigenvalue weighted by Gasteiger charge is -2.21. The summed E-state index contributed by atoms with van der Waals surface area (Å²) in [5.41, 5.74) is 6.18. The van der Waals surface area contributed by atoms with Crippen LogP contribution in [0.1, 0.15) is 75.6 Å². The maximum absolute atomic E-state index is 2.60. The largest absolute Gasteiger partial charge is 0.0651 e. The molecular formula is C34H38. The van der Waals surface area contributed by atoms with Crippen LogP contribution in [0.2, 0.25) is 0 Å². The van der Waals surface area contributed by atoms with Gasteiger partial charge in [-0.05, 0) is 103 Å². The van der Waals surface area contributed by atoms with Crippen molar-refractivity contribution in [3.63, 3.8) is 0 Å².